The highest BCUT2D eigenvalue weighted by Gasteiger charge is 2.14. The summed E-state index contributed by atoms with van der Waals surface area (Å²) in [6.07, 6.45) is 3.19. The number of nitrogens with two attached hydrogens (primary N) is 1. The van der Waals surface area contributed by atoms with Gasteiger partial charge in [0.2, 0.25) is 0 Å². The van der Waals surface area contributed by atoms with Crippen molar-refractivity contribution in [3.8, 4) is 0 Å². The number of hydrogen-bond acceptors (Lipinski definition) is 4. The number of imidazole rings is 1. The fourth-order valence-corrected chi connectivity index (χ4v) is 1.60. The standard InChI is InChI=1S/C11H14N4O2/c1-7-8(2)15(6-13-7)5-10-9(3-4-17-10)11(16)14-12/h3-4,6H,5,12H2,1-2H3,(H,14,16). The summed E-state index contributed by atoms with van der Waals surface area (Å²) in [6.45, 7) is 4.36. The molecule has 90 valence electrons. The third-order valence-corrected chi connectivity index (χ3v) is 2.78. The Balaban J connectivity index is 2.28. The van der Waals surface area contributed by atoms with E-state index in [4.69, 9.17) is 10.3 Å². The number of nitrogens with one attached hydrogen (secondary N) is 1. The fourth-order valence-electron chi connectivity index (χ4n) is 1.60. The van der Waals surface area contributed by atoms with Crippen molar-refractivity contribution in [3.63, 3.8) is 0 Å². The van der Waals surface area contributed by atoms with Crippen molar-refractivity contribution in [2.24, 2.45) is 5.84 Å². The van der Waals surface area contributed by atoms with Gasteiger partial charge in [-0.2, -0.15) is 0 Å². The molecule has 17 heavy (non-hydrogen) atoms. The number of nitrogens with zero attached hydrogens (tertiary/aromatic N) is 2. The van der Waals surface area contributed by atoms with E-state index in [0.29, 0.717) is 17.9 Å². The SMILES string of the molecule is Cc1ncn(Cc2occc2C(=O)NN)c1C. The van der Waals surface area contributed by atoms with Crippen molar-refractivity contribution >= 4 is 5.91 Å². The number of carbonyl (C=O) groups excluding carboxylic acids is 1. The third-order valence-electron chi connectivity index (χ3n) is 2.78. The van der Waals surface area contributed by atoms with Crippen LogP contribution in [0.15, 0.2) is 23.1 Å². The van der Waals surface area contributed by atoms with E-state index >= 15 is 0 Å². The lowest BCUT2D eigenvalue weighted by Crippen LogP contribution is -2.30. The average Bonchev–Trinajstić information content (AvgIpc) is 2.90. The van der Waals surface area contributed by atoms with Crippen LogP contribution < -0.4 is 11.3 Å². The molecule has 0 unspecified atom stereocenters. The highest BCUT2D eigenvalue weighted by Crippen LogP contribution is 2.14. The Bertz CT molecular complexity index is 541. The number of aromatic nitrogens is 2. The Morgan fingerprint density at radius 2 is 2.35 bits per heavy atom. The molecule has 0 spiro atoms. The van der Waals surface area contributed by atoms with E-state index in [1.165, 1.54) is 6.26 Å². The van der Waals surface area contributed by atoms with Crippen LogP contribution in [0.5, 0.6) is 0 Å². The van der Waals surface area contributed by atoms with Gasteiger partial charge < -0.3 is 8.98 Å². The molecule has 0 aliphatic carbocycles. The highest BCUT2D eigenvalue weighted by molar-refractivity contribution is 5.94. The maximum atomic E-state index is 11.5. The van der Waals surface area contributed by atoms with Crippen molar-refractivity contribution in [1.29, 1.82) is 0 Å². The molecule has 0 atom stereocenters. The van der Waals surface area contributed by atoms with Gasteiger partial charge in [0.05, 0.1) is 30.4 Å². The van der Waals surface area contributed by atoms with Gasteiger partial charge in [0, 0.05) is 5.69 Å². The molecule has 1 amide bonds. The first kappa shape index (κ1) is 11.4. The van der Waals surface area contributed by atoms with E-state index in [2.05, 4.69) is 10.4 Å². The molecule has 0 bridgehead atoms. The van der Waals surface area contributed by atoms with E-state index in [1.807, 2.05) is 18.4 Å². The van der Waals surface area contributed by atoms with Gasteiger partial charge in [-0.15, -0.1) is 0 Å². The zero-order valence-corrected chi connectivity index (χ0v) is 9.73. The summed E-state index contributed by atoms with van der Waals surface area (Å²) in [5.74, 6) is 5.30. The first-order valence-corrected chi connectivity index (χ1v) is 5.19. The Morgan fingerprint density at radius 1 is 1.59 bits per heavy atom. The summed E-state index contributed by atoms with van der Waals surface area (Å²) in [5, 5.41) is 0. The van der Waals surface area contributed by atoms with Crippen molar-refractivity contribution in [1.82, 2.24) is 15.0 Å². The lowest BCUT2D eigenvalue weighted by Gasteiger charge is -2.05. The smallest absolute Gasteiger partial charge is 0.268 e. The molecule has 0 fully saturated rings. The van der Waals surface area contributed by atoms with Gasteiger partial charge in [-0.3, -0.25) is 10.2 Å². The Hall–Kier alpha value is -2.08. The second kappa shape index (κ2) is 4.42. The Labute approximate surface area is 98.4 Å². The number of nitrogen functional groups attached to an aromatic ring is 1. The molecule has 2 rings (SSSR count). The molecule has 6 nitrogen and oxygen atoms in total. The predicted molar refractivity (Wildman–Crippen MR) is 61.2 cm³/mol. The first-order chi connectivity index (χ1) is 8.13. The van der Waals surface area contributed by atoms with Crippen LogP contribution in [0.1, 0.15) is 27.5 Å². The molecule has 2 heterocycles. The lowest BCUT2D eigenvalue weighted by molar-refractivity contribution is 0.0951. The second-order valence-electron chi connectivity index (χ2n) is 3.77. The molecule has 0 saturated heterocycles. The van der Waals surface area contributed by atoms with Crippen molar-refractivity contribution in [3.05, 3.63) is 41.4 Å². The summed E-state index contributed by atoms with van der Waals surface area (Å²) in [5.41, 5.74) is 4.53. The molecule has 0 aliphatic heterocycles. The van der Waals surface area contributed by atoms with Crippen LogP contribution in [-0.4, -0.2) is 15.5 Å². The van der Waals surface area contributed by atoms with Gasteiger partial charge in [-0.1, -0.05) is 0 Å². The fraction of sp³-hybridized carbons (Fsp3) is 0.273. The van der Waals surface area contributed by atoms with Crippen LogP contribution in [-0.2, 0) is 6.54 Å². The highest BCUT2D eigenvalue weighted by atomic mass is 16.3. The Morgan fingerprint density at radius 3 is 2.94 bits per heavy atom. The number of rotatable bonds is 3. The van der Waals surface area contributed by atoms with E-state index in [9.17, 15) is 4.79 Å². The van der Waals surface area contributed by atoms with Gasteiger partial charge in [0.15, 0.2) is 0 Å². The number of aryl methyl sites for hydroxylation is 1. The summed E-state index contributed by atoms with van der Waals surface area (Å²) in [6, 6.07) is 1.59. The molecule has 2 aromatic heterocycles. The number of furan rings is 1. The molecule has 2 aromatic rings. The molecule has 3 N–H and O–H groups in total. The summed E-state index contributed by atoms with van der Waals surface area (Å²) >= 11 is 0. The summed E-state index contributed by atoms with van der Waals surface area (Å²) in [4.78, 5) is 15.6. The minimum absolute atomic E-state index is 0.358. The molecular formula is C11H14N4O2. The van der Waals surface area contributed by atoms with Crippen LogP contribution in [0, 0.1) is 13.8 Å². The van der Waals surface area contributed by atoms with E-state index in [-0.39, 0.29) is 5.91 Å². The third kappa shape index (κ3) is 2.07. The van der Waals surface area contributed by atoms with Crippen molar-refractivity contribution in [2.45, 2.75) is 20.4 Å². The normalized spacial score (nSPS) is 10.5. The van der Waals surface area contributed by atoms with Crippen LogP contribution >= 0.6 is 0 Å². The minimum Gasteiger partial charge on any atom is -0.467 e. The molecule has 0 aliphatic rings. The molecule has 0 radical (unpaired) electrons. The topological polar surface area (TPSA) is 86.1 Å². The van der Waals surface area contributed by atoms with E-state index < -0.39 is 0 Å². The minimum atomic E-state index is -0.358. The quantitative estimate of drug-likeness (QED) is 0.466. The lowest BCUT2D eigenvalue weighted by atomic mass is 10.2. The molecule has 6 heteroatoms. The maximum Gasteiger partial charge on any atom is 0.268 e. The van der Waals surface area contributed by atoms with Crippen molar-refractivity contribution in [2.75, 3.05) is 0 Å². The van der Waals surface area contributed by atoms with Gasteiger partial charge >= 0.3 is 0 Å². The molecule has 0 saturated carbocycles. The van der Waals surface area contributed by atoms with Gasteiger partial charge in [0.1, 0.15) is 5.76 Å². The largest absolute Gasteiger partial charge is 0.467 e. The van der Waals surface area contributed by atoms with Crippen LogP contribution in [0.2, 0.25) is 0 Å². The number of hydrogen-bond donors (Lipinski definition) is 2. The van der Waals surface area contributed by atoms with Gasteiger partial charge in [0.25, 0.3) is 5.91 Å². The zero-order chi connectivity index (χ0) is 12.4. The Kier molecular flexibility index (Phi) is 2.97. The van der Waals surface area contributed by atoms with Gasteiger partial charge in [-0.25, -0.2) is 10.8 Å². The van der Waals surface area contributed by atoms with Gasteiger partial charge in [-0.05, 0) is 19.9 Å². The van der Waals surface area contributed by atoms with Crippen LogP contribution in [0.3, 0.4) is 0 Å². The average molecular weight is 234 g/mol. The second-order valence-corrected chi connectivity index (χ2v) is 3.77. The van der Waals surface area contributed by atoms with Crippen LogP contribution in [0.4, 0.5) is 0 Å². The van der Waals surface area contributed by atoms with E-state index in [0.717, 1.165) is 11.4 Å². The predicted octanol–water partition coefficient (Wildman–Crippen LogP) is 0.745. The zero-order valence-electron chi connectivity index (χ0n) is 9.73. The number of hydrazine groups is 1. The number of amides is 1. The van der Waals surface area contributed by atoms with Crippen molar-refractivity contribution < 1.29 is 9.21 Å². The monoisotopic (exact) mass is 234 g/mol. The van der Waals surface area contributed by atoms with Crippen LogP contribution in [0.25, 0.3) is 0 Å². The first-order valence-electron chi connectivity index (χ1n) is 5.19. The summed E-state index contributed by atoms with van der Waals surface area (Å²) < 4.78 is 7.21. The molecule has 0 aromatic carbocycles. The van der Waals surface area contributed by atoms with E-state index in [1.54, 1.807) is 12.4 Å². The number of carbonyl (C=O) groups is 1. The summed E-state index contributed by atoms with van der Waals surface area (Å²) in [7, 11) is 0. The molecular weight excluding hydrogens is 220 g/mol. The maximum absolute atomic E-state index is 11.5.